The molecule has 3 heterocycles. The minimum atomic E-state index is -0.869. The highest BCUT2D eigenvalue weighted by Crippen LogP contribution is 2.43. The SMILES string of the molecule is Cc1nc2ccc(NC(=O)CN3C(=O)c4ccccc4N4C(=O)CCC34C)cc2o1. The van der Waals surface area contributed by atoms with Gasteiger partial charge in [-0.1, -0.05) is 12.1 Å². The summed E-state index contributed by atoms with van der Waals surface area (Å²) in [6.07, 6.45) is 0.806. The largest absolute Gasteiger partial charge is 0.441 e. The van der Waals surface area contributed by atoms with Crippen molar-refractivity contribution in [3.05, 3.63) is 53.9 Å². The molecule has 8 heteroatoms. The predicted octanol–water partition coefficient (Wildman–Crippen LogP) is 3.07. The van der Waals surface area contributed by atoms with Crippen molar-refractivity contribution in [1.29, 1.82) is 0 Å². The van der Waals surface area contributed by atoms with Gasteiger partial charge in [0.15, 0.2) is 11.5 Å². The van der Waals surface area contributed by atoms with Crippen molar-refractivity contribution in [1.82, 2.24) is 9.88 Å². The van der Waals surface area contributed by atoms with Crippen LogP contribution in [0.2, 0.25) is 0 Å². The fourth-order valence-corrected chi connectivity index (χ4v) is 4.40. The number of oxazole rings is 1. The highest BCUT2D eigenvalue weighted by Gasteiger charge is 2.53. The van der Waals surface area contributed by atoms with Gasteiger partial charge in [-0.05, 0) is 37.6 Å². The van der Waals surface area contributed by atoms with Gasteiger partial charge in [-0.3, -0.25) is 19.3 Å². The van der Waals surface area contributed by atoms with Crippen LogP contribution in [0.3, 0.4) is 0 Å². The number of hydrogen-bond donors (Lipinski definition) is 1. The minimum Gasteiger partial charge on any atom is -0.441 e. The van der Waals surface area contributed by atoms with Crippen molar-refractivity contribution in [2.45, 2.75) is 32.4 Å². The smallest absolute Gasteiger partial charge is 0.258 e. The molecule has 2 aliphatic rings. The maximum atomic E-state index is 13.2. The van der Waals surface area contributed by atoms with E-state index in [1.807, 2.05) is 13.0 Å². The number of nitrogens with zero attached hydrogens (tertiary/aromatic N) is 3. The molecule has 3 aromatic rings. The molecule has 0 spiro atoms. The summed E-state index contributed by atoms with van der Waals surface area (Å²) in [7, 11) is 0. The summed E-state index contributed by atoms with van der Waals surface area (Å²) < 4.78 is 5.51. The number of benzene rings is 2. The molecule has 2 aliphatic heterocycles. The maximum absolute atomic E-state index is 13.2. The molecule has 8 nitrogen and oxygen atoms in total. The Bertz CT molecular complexity index is 1220. The molecule has 0 saturated carbocycles. The molecule has 3 amide bonds. The van der Waals surface area contributed by atoms with Gasteiger partial charge in [0, 0.05) is 25.1 Å². The monoisotopic (exact) mass is 404 g/mol. The van der Waals surface area contributed by atoms with Crippen LogP contribution in [0.4, 0.5) is 11.4 Å². The third kappa shape index (κ3) is 2.67. The second-order valence-corrected chi connectivity index (χ2v) is 7.82. The average molecular weight is 404 g/mol. The number of carbonyl (C=O) groups excluding carboxylic acids is 3. The Labute approximate surface area is 172 Å². The van der Waals surface area contributed by atoms with E-state index >= 15 is 0 Å². The van der Waals surface area contributed by atoms with Crippen LogP contribution < -0.4 is 10.2 Å². The zero-order valence-corrected chi connectivity index (χ0v) is 16.6. The Morgan fingerprint density at radius 3 is 2.87 bits per heavy atom. The van der Waals surface area contributed by atoms with Crippen molar-refractivity contribution in [2.75, 3.05) is 16.8 Å². The van der Waals surface area contributed by atoms with E-state index in [-0.39, 0.29) is 24.3 Å². The summed E-state index contributed by atoms with van der Waals surface area (Å²) >= 11 is 0. The molecule has 5 rings (SSSR count). The van der Waals surface area contributed by atoms with Crippen LogP contribution in [0.5, 0.6) is 0 Å². The molecule has 1 unspecified atom stereocenters. The van der Waals surface area contributed by atoms with Crippen molar-refractivity contribution < 1.29 is 18.8 Å². The van der Waals surface area contributed by atoms with Crippen LogP contribution in [0.15, 0.2) is 46.9 Å². The first kappa shape index (κ1) is 18.4. The Morgan fingerprint density at radius 2 is 2.03 bits per heavy atom. The predicted molar refractivity (Wildman–Crippen MR) is 110 cm³/mol. The Morgan fingerprint density at radius 1 is 1.23 bits per heavy atom. The number of para-hydroxylation sites is 1. The summed E-state index contributed by atoms with van der Waals surface area (Å²) in [5, 5.41) is 2.82. The fraction of sp³-hybridized carbons (Fsp3) is 0.273. The number of fused-ring (bicyclic) bond motifs is 4. The molecule has 1 atom stereocenters. The minimum absolute atomic E-state index is 0.0472. The highest BCUT2D eigenvalue weighted by atomic mass is 16.3. The Balaban J connectivity index is 1.43. The normalized spacial score (nSPS) is 20.5. The van der Waals surface area contributed by atoms with Crippen LogP contribution in [-0.4, -0.2) is 39.8 Å². The van der Waals surface area contributed by atoms with Crippen LogP contribution in [-0.2, 0) is 9.59 Å². The van der Waals surface area contributed by atoms with Gasteiger partial charge in [0.25, 0.3) is 5.91 Å². The van der Waals surface area contributed by atoms with Gasteiger partial charge < -0.3 is 14.6 Å². The molecule has 30 heavy (non-hydrogen) atoms. The van der Waals surface area contributed by atoms with E-state index in [4.69, 9.17) is 4.42 Å². The zero-order valence-electron chi connectivity index (χ0n) is 16.6. The lowest BCUT2D eigenvalue weighted by Crippen LogP contribution is -2.63. The summed E-state index contributed by atoms with van der Waals surface area (Å²) in [5.74, 6) is -0.103. The molecule has 0 radical (unpaired) electrons. The average Bonchev–Trinajstić information content (AvgIpc) is 3.24. The lowest BCUT2D eigenvalue weighted by atomic mass is 9.98. The van der Waals surface area contributed by atoms with Crippen molar-refractivity contribution in [3.8, 4) is 0 Å². The number of hydrogen-bond acceptors (Lipinski definition) is 5. The molecule has 1 aromatic heterocycles. The summed E-state index contributed by atoms with van der Waals surface area (Å²) in [6, 6.07) is 12.2. The third-order valence-electron chi connectivity index (χ3n) is 5.83. The number of aryl methyl sites for hydroxylation is 1. The van der Waals surface area contributed by atoms with E-state index in [1.54, 1.807) is 48.2 Å². The van der Waals surface area contributed by atoms with Gasteiger partial charge in [0.1, 0.15) is 17.7 Å². The van der Waals surface area contributed by atoms with Crippen LogP contribution in [0.1, 0.15) is 36.0 Å². The Kier molecular flexibility index (Phi) is 3.92. The molecule has 0 bridgehead atoms. The standard InChI is InChI=1S/C22H20N4O4/c1-13-23-16-8-7-14(11-18(16)30-13)24-19(27)12-25-21(29)15-5-3-4-6-17(15)26-20(28)9-10-22(25,26)2/h3-8,11H,9-10,12H2,1-2H3,(H,24,27). The molecule has 1 fully saturated rings. The molecule has 152 valence electrons. The first-order valence-electron chi connectivity index (χ1n) is 9.78. The maximum Gasteiger partial charge on any atom is 0.258 e. The quantitative estimate of drug-likeness (QED) is 0.724. The van der Waals surface area contributed by atoms with E-state index < -0.39 is 5.66 Å². The topological polar surface area (TPSA) is 95.8 Å². The van der Waals surface area contributed by atoms with Crippen molar-refractivity contribution in [3.63, 3.8) is 0 Å². The lowest BCUT2D eigenvalue weighted by Gasteiger charge is -2.48. The van der Waals surface area contributed by atoms with Crippen LogP contribution >= 0.6 is 0 Å². The van der Waals surface area contributed by atoms with Gasteiger partial charge >= 0.3 is 0 Å². The molecule has 1 saturated heterocycles. The molecule has 1 N–H and O–H groups in total. The summed E-state index contributed by atoms with van der Waals surface area (Å²) in [5.41, 5.74) is 2.00. The van der Waals surface area contributed by atoms with Crippen LogP contribution in [0, 0.1) is 6.92 Å². The lowest BCUT2D eigenvalue weighted by molar-refractivity contribution is -0.120. The molecule has 0 aliphatic carbocycles. The third-order valence-corrected chi connectivity index (χ3v) is 5.83. The number of nitrogens with one attached hydrogen (secondary N) is 1. The van der Waals surface area contributed by atoms with Crippen molar-refractivity contribution in [2.24, 2.45) is 0 Å². The summed E-state index contributed by atoms with van der Waals surface area (Å²) in [4.78, 5) is 46.0. The van der Waals surface area contributed by atoms with E-state index in [2.05, 4.69) is 10.3 Å². The molecular formula is C22H20N4O4. The molecular weight excluding hydrogens is 384 g/mol. The van der Waals surface area contributed by atoms with Gasteiger partial charge in [-0.25, -0.2) is 4.98 Å². The van der Waals surface area contributed by atoms with E-state index in [0.29, 0.717) is 46.8 Å². The van der Waals surface area contributed by atoms with E-state index in [9.17, 15) is 14.4 Å². The number of anilines is 2. The van der Waals surface area contributed by atoms with Gasteiger partial charge in [-0.15, -0.1) is 0 Å². The van der Waals surface area contributed by atoms with Gasteiger partial charge in [0.05, 0.1) is 11.3 Å². The number of rotatable bonds is 3. The van der Waals surface area contributed by atoms with Gasteiger partial charge in [-0.2, -0.15) is 0 Å². The number of carbonyl (C=O) groups is 3. The van der Waals surface area contributed by atoms with Crippen LogP contribution in [0.25, 0.3) is 11.1 Å². The second-order valence-electron chi connectivity index (χ2n) is 7.82. The Hall–Kier alpha value is -3.68. The number of amides is 3. The second kappa shape index (κ2) is 6.41. The van der Waals surface area contributed by atoms with E-state index in [1.165, 1.54) is 4.90 Å². The summed E-state index contributed by atoms with van der Waals surface area (Å²) in [6.45, 7) is 3.43. The number of aromatic nitrogens is 1. The first-order chi connectivity index (χ1) is 14.4. The van der Waals surface area contributed by atoms with Crippen molar-refractivity contribution >= 4 is 40.2 Å². The van der Waals surface area contributed by atoms with Gasteiger partial charge in [0.2, 0.25) is 11.8 Å². The highest BCUT2D eigenvalue weighted by molar-refractivity contribution is 6.11. The molecule has 2 aromatic carbocycles. The fourth-order valence-electron chi connectivity index (χ4n) is 4.40. The first-order valence-corrected chi connectivity index (χ1v) is 9.78. The van der Waals surface area contributed by atoms with E-state index in [0.717, 1.165) is 0 Å². The zero-order chi connectivity index (χ0) is 21.0.